The maximum absolute atomic E-state index is 10.5. The van der Waals surface area contributed by atoms with E-state index in [-0.39, 0.29) is 12.8 Å². The molecule has 0 atom stereocenters. The highest BCUT2D eigenvalue weighted by atomic mass is 16.8. The summed E-state index contributed by atoms with van der Waals surface area (Å²) in [6, 6.07) is 0. The first-order valence-corrected chi connectivity index (χ1v) is 2.89. The number of cyclic esters (lactones) is 2. The van der Waals surface area contributed by atoms with Crippen molar-refractivity contribution in [3.63, 3.8) is 0 Å². The van der Waals surface area contributed by atoms with Crippen LogP contribution in [0.5, 0.6) is 0 Å². The van der Waals surface area contributed by atoms with Crippen LogP contribution in [0.25, 0.3) is 0 Å². The number of hydrogen-bond donors (Lipinski definition) is 1. The van der Waals surface area contributed by atoms with Gasteiger partial charge in [0, 0.05) is 6.42 Å². The van der Waals surface area contributed by atoms with Crippen LogP contribution in [-0.2, 0) is 19.2 Å². The first-order valence-electron chi connectivity index (χ1n) is 2.89. The molecule has 0 aromatic carbocycles. The van der Waals surface area contributed by atoms with Gasteiger partial charge in [0.1, 0.15) is 0 Å². The first kappa shape index (κ1) is 7.52. The number of nitrogens with one attached hydrogen (secondary N) is 1. The van der Waals surface area contributed by atoms with E-state index in [1.807, 2.05) is 0 Å². The number of carbonyl (C=O) groups is 3. The zero-order valence-electron chi connectivity index (χ0n) is 5.46. The largest absolute Gasteiger partial charge is 0.541 e. The topological polar surface area (TPSA) is 81.7 Å². The summed E-state index contributed by atoms with van der Waals surface area (Å²) in [5.41, 5.74) is 1.79. The highest BCUT2D eigenvalue weighted by Gasteiger charge is 2.18. The van der Waals surface area contributed by atoms with Crippen molar-refractivity contribution in [2.45, 2.75) is 12.8 Å². The van der Waals surface area contributed by atoms with Gasteiger partial charge in [0.2, 0.25) is 0 Å². The van der Waals surface area contributed by atoms with Crippen molar-refractivity contribution in [1.82, 2.24) is 5.48 Å². The van der Waals surface area contributed by atoms with Gasteiger partial charge in [-0.15, -0.1) is 0 Å². The van der Waals surface area contributed by atoms with Crippen molar-refractivity contribution in [2.75, 3.05) is 0 Å². The van der Waals surface area contributed by atoms with E-state index >= 15 is 0 Å². The van der Waals surface area contributed by atoms with Gasteiger partial charge in [-0.2, -0.15) is 5.48 Å². The Bertz CT molecular complexity index is 191. The fourth-order valence-electron chi connectivity index (χ4n) is 0.530. The van der Waals surface area contributed by atoms with E-state index in [0.717, 1.165) is 0 Å². The van der Waals surface area contributed by atoms with Gasteiger partial charge in [-0.1, -0.05) is 0 Å². The van der Waals surface area contributed by atoms with Crippen molar-refractivity contribution < 1.29 is 24.0 Å². The second-order valence-corrected chi connectivity index (χ2v) is 1.85. The number of rotatable bonds is 0. The molecule has 0 unspecified atom stereocenters. The Hall–Kier alpha value is -1.59. The van der Waals surface area contributed by atoms with Crippen LogP contribution in [-0.4, -0.2) is 18.0 Å². The molecule has 0 saturated carbocycles. The average Bonchev–Trinajstić information content (AvgIpc) is 1.95. The molecule has 6 nitrogen and oxygen atoms in total. The highest BCUT2D eigenvalue weighted by Crippen LogP contribution is 1.98. The molecule has 1 amide bonds. The number of hydrogen-bond acceptors (Lipinski definition) is 5. The molecular weight excluding hydrogens is 154 g/mol. The van der Waals surface area contributed by atoms with Gasteiger partial charge in [0.05, 0.1) is 6.42 Å². The molecule has 1 aliphatic heterocycles. The lowest BCUT2D eigenvalue weighted by Gasteiger charge is -2.07. The standard InChI is InChI=1S/C5H5NO5/c7-3-1-2-4(8)10-5(9)11-6-3/h1-2H2,(H,6,7). The van der Waals surface area contributed by atoms with Crippen LogP contribution in [0.3, 0.4) is 0 Å². The van der Waals surface area contributed by atoms with Crippen molar-refractivity contribution >= 4 is 18.0 Å². The molecule has 1 fully saturated rings. The van der Waals surface area contributed by atoms with Crippen LogP contribution in [0.1, 0.15) is 12.8 Å². The van der Waals surface area contributed by atoms with Crippen LogP contribution < -0.4 is 5.48 Å². The van der Waals surface area contributed by atoms with Crippen LogP contribution in [0.4, 0.5) is 4.79 Å². The molecule has 0 aromatic heterocycles. The highest BCUT2D eigenvalue weighted by molar-refractivity contribution is 5.87. The maximum Gasteiger partial charge on any atom is 0.541 e. The molecule has 1 heterocycles. The third kappa shape index (κ3) is 2.24. The van der Waals surface area contributed by atoms with Crippen LogP contribution in [0, 0.1) is 0 Å². The molecule has 0 bridgehead atoms. The molecule has 0 spiro atoms. The zero-order valence-corrected chi connectivity index (χ0v) is 5.46. The zero-order chi connectivity index (χ0) is 8.27. The van der Waals surface area contributed by atoms with Gasteiger partial charge in [0.25, 0.3) is 5.91 Å². The minimum absolute atomic E-state index is 0.0356. The molecule has 1 N–H and O–H groups in total. The third-order valence-corrected chi connectivity index (χ3v) is 1.00. The molecule has 6 heteroatoms. The van der Waals surface area contributed by atoms with Gasteiger partial charge in [-0.3, -0.25) is 9.59 Å². The van der Waals surface area contributed by atoms with Crippen LogP contribution >= 0.6 is 0 Å². The minimum atomic E-state index is -1.21. The summed E-state index contributed by atoms with van der Waals surface area (Å²) >= 11 is 0. The van der Waals surface area contributed by atoms with E-state index in [9.17, 15) is 14.4 Å². The summed E-state index contributed by atoms with van der Waals surface area (Å²) in [4.78, 5) is 35.3. The van der Waals surface area contributed by atoms with Crippen molar-refractivity contribution in [1.29, 1.82) is 0 Å². The third-order valence-electron chi connectivity index (χ3n) is 1.00. The number of amides is 1. The molecule has 60 valence electrons. The number of esters is 1. The summed E-state index contributed by atoms with van der Waals surface area (Å²) in [7, 11) is 0. The molecule has 0 aromatic rings. The van der Waals surface area contributed by atoms with E-state index in [2.05, 4.69) is 9.57 Å². The molecule has 1 aliphatic rings. The van der Waals surface area contributed by atoms with E-state index in [4.69, 9.17) is 0 Å². The lowest BCUT2D eigenvalue weighted by Crippen LogP contribution is -2.31. The Labute approximate surface area is 61.4 Å². The predicted molar refractivity (Wildman–Crippen MR) is 29.9 cm³/mol. The smallest absolute Gasteiger partial charge is 0.359 e. The molecule has 1 saturated heterocycles. The first-order chi connectivity index (χ1) is 5.18. The van der Waals surface area contributed by atoms with E-state index in [0.29, 0.717) is 0 Å². The minimum Gasteiger partial charge on any atom is -0.359 e. The molecular formula is C5H5NO5. The Morgan fingerprint density at radius 1 is 1.18 bits per heavy atom. The Balaban J connectivity index is 2.53. The SMILES string of the molecule is O=C1CCC(=O)OC(=O)ON1. The van der Waals surface area contributed by atoms with Crippen molar-refractivity contribution in [2.24, 2.45) is 0 Å². The van der Waals surface area contributed by atoms with E-state index in [1.54, 1.807) is 5.48 Å². The predicted octanol–water partition coefficient (Wildman–Crippen LogP) is -0.509. The quantitative estimate of drug-likeness (QED) is 0.380. The van der Waals surface area contributed by atoms with E-state index in [1.165, 1.54) is 0 Å². The maximum atomic E-state index is 10.5. The average molecular weight is 159 g/mol. The molecule has 11 heavy (non-hydrogen) atoms. The molecule has 0 radical (unpaired) electrons. The number of hydroxylamine groups is 1. The van der Waals surface area contributed by atoms with Gasteiger partial charge in [-0.05, 0) is 0 Å². The van der Waals surface area contributed by atoms with Crippen molar-refractivity contribution in [3.05, 3.63) is 0 Å². The Kier molecular flexibility index (Phi) is 2.05. The monoisotopic (exact) mass is 159 g/mol. The van der Waals surface area contributed by atoms with Gasteiger partial charge in [-0.25, -0.2) is 4.79 Å². The molecule has 1 rings (SSSR count). The van der Waals surface area contributed by atoms with Crippen LogP contribution in [0.2, 0.25) is 0 Å². The summed E-state index contributed by atoms with van der Waals surface area (Å²) in [5.74, 6) is -1.28. The summed E-state index contributed by atoms with van der Waals surface area (Å²) in [5, 5.41) is 0. The fourth-order valence-corrected chi connectivity index (χ4v) is 0.530. The summed E-state index contributed by atoms with van der Waals surface area (Å²) in [6.07, 6.45) is -1.35. The normalized spacial score (nSPS) is 19.1. The number of carbonyl (C=O) groups excluding carboxylic acids is 3. The van der Waals surface area contributed by atoms with Crippen molar-refractivity contribution in [3.8, 4) is 0 Å². The Morgan fingerprint density at radius 3 is 2.64 bits per heavy atom. The lowest BCUT2D eigenvalue weighted by atomic mass is 10.3. The lowest BCUT2D eigenvalue weighted by molar-refractivity contribution is -0.149. The van der Waals surface area contributed by atoms with Gasteiger partial charge < -0.3 is 9.57 Å². The second kappa shape index (κ2) is 3.00. The van der Waals surface area contributed by atoms with Gasteiger partial charge >= 0.3 is 12.1 Å². The number of ether oxygens (including phenoxy) is 1. The summed E-state index contributed by atoms with van der Waals surface area (Å²) < 4.78 is 4.02. The second-order valence-electron chi connectivity index (χ2n) is 1.85. The van der Waals surface area contributed by atoms with Crippen LogP contribution in [0.15, 0.2) is 0 Å². The Morgan fingerprint density at radius 2 is 1.91 bits per heavy atom. The molecule has 0 aliphatic carbocycles. The fraction of sp³-hybridized carbons (Fsp3) is 0.400. The van der Waals surface area contributed by atoms with E-state index < -0.39 is 18.0 Å². The van der Waals surface area contributed by atoms with Gasteiger partial charge in [0.15, 0.2) is 0 Å². The summed E-state index contributed by atoms with van der Waals surface area (Å²) in [6.45, 7) is 0.